The predicted molar refractivity (Wildman–Crippen MR) is 106 cm³/mol. The Labute approximate surface area is 161 Å². The number of aromatic nitrogens is 6. The molecule has 0 saturated carbocycles. The molecule has 0 atom stereocenters. The number of hydrogen-bond acceptors (Lipinski definition) is 7. The van der Waals surface area contributed by atoms with Gasteiger partial charge in [0, 0.05) is 18.4 Å². The van der Waals surface area contributed by atoms with E-state index >= 15 is 0 Å². The van der Waals surface area contributed by atoms with Crippen LogP contribution in [-0.4, -0.2) is 29.9 Å². The van der Waals surface area contributed by atoms with Crippen molar-refractivity contribution in [2.75, 3.05) is 0 Å². The maximum atomic E-state index is 5.32. The minimum atomic E-state index is 0.542. The molecule has 27 heavy (non-hydrogen) atoms. The molecule has 0 amide bonds. The monoisotopic (exact) mass is 382 g/mol. The average Bonchev–Trinajstić information content (AvgIpc) is 3.28. The van der Waals surface area contributed by atoms with E-state index in [9.17, 15) is 0 Å². The summed E-state index contributed by atoms with van der Waals surface area (Å²) in [5, 5.41) is 14.5. The summed E-state index contributed by atoms with van der Waals surface area (Å²) in [7, 11) is 0. The highest BCUT2D eigenvalue weighted by atomic mass is 32.2. The number of nitrogens with zero attached hydrogens (tertiary/aromatic N) is 6. The van der Waals surface area contributed by atoms with Gasteiger partial charge in [0.2, 0.25) is 11.0 Å². The molecule has 0 spiro atoms. The van der Waals surface area contributed by atoms with E-state index in [2.05, 4.69) is 50.9 Å². The van der Waals surface area contributed by atoms with E-state index in [1.807, 2.05) is 12.1 Å². The maximum absolute atomic E-state index is 5.32. The Bertz CT molecular complexity index is 1060. The van der Waals surface area contributed by atoms with Crippen molar-refractivity contribution in [2.24, 2.45) is 0 Å². The van der Waals surface area contributed by atoms with Gasteiger partial charge < -0.3 is 9.09 Å². The van der Waals surface area contributed by atoms with Crippen LogP contribution in [0.4, 0.5) is 0 Å². The maximum Gasteiger partial charge on any atom is 0.237 e. The Morgan fingerprint density at radius 1 is 1.07 bits per heavy atom. The molecular weight excluding hydrogens is 360 g/mol. The molecule has 0 bridgehead atoms. The van der Waals surface area contributed by atoms with Gasteiger partial charge in [-0.1, -0.05) is 55.4 Å². The van der Waals surface area contributed by atoms with Gasteiger partial charge in [-0.2, -0.15) is 4.98 Å². The molecule has 3 aromatic heterocycles. The van der Waals surface area contributed by atoms with Crippen molar-refractivity contribution >= 4 is 33.8 Å². The van der Waals surface area contributed by atoms with Crippen LogP contribution in [0.5, 0.6) is 0 Å². The highest BCUT2D eigenvalue weighted by Crippen LogP contribution is 2.28. The van der Waals surface area contributed by atoms with Crippen LogP contribution >= 0.6 is 11.8 Å². The molecule has 4 aromatic rings. The highest BCUT2D eigenvalue weighted by molar-refractivity contribution is 7.98. The fourth-order valence-corrected chi connectivity index (χ4v) is 3.73. The second kappa shape index (κ2) is 8.04. The van der Waals surface area contributed by atoms with Crippen LogP contribution in [0.3, 0.4) is 0 Å². The normalized spacial score (nSPS) is 11.6. The lowest BCUT2D eigenvalue weighted by molar-refractivity contribution is 0.384. The van der Waals surface area contributed by atoms with Gasteiger partial charge in [-0.3, -0.25) is 0 Å². The van der Waals surface area contributed by atoms with Crippen molar-refractivity contribution in [3.8, 4) is 0 Å². The zero-order chi connectivity index (χ0) is 18.6. The van der Waals surface area contributed by atoms with Gasteiger partial charge in [-0.05, 0) is 18.9 Å². The van der Waals surface area contributed by atoms with Gasteiger partial charge in [-0.15, -0.1) is 10.2 Å². The van der Waals surface area contributed by atoms with Crippen LogP contribution in [0.15, 0.2) is 33.9 Å². The first-order valence-corrected chi connectivity index (χ1v) is 10.3. The van der Waals surface area contributed by atoms with Crippen LogP contribution in [0, 0.1) is 0 Å². The topological polar surface area (TPSA) is 82.5 Å². The number of aryl methyl sites for hydroxylation is 2. The number of unbranched alkanes of at least 4 members (excludes halogenated alkanes) is 1. The first-order chi connectivity index (χ1) is 13.3. The molecule has 8 heteroatoms. The van der Waals surface area contributed by atoms with Gasteiger partial charge in [0.15, 0.2) is 11.5 Å². The molecule has 7 nitrogen and oxygen atoms in total. The summed E-state index contributed by atoms with van der Waals surface area (Å²) in [4.78, 5) is 9.19. The van der Waals surface area contributed by atoms with Crippen LogP contribution in [0.1, 0.15) is 44.8 Å². The molecule has 1 aromatic carbocycles. The molecule has 140 valence electrons. The van der Waals surface area contributed by atoms with E-state index in [0.29, 0.717) is 16.8 Å². The smallest absolute Gasteiger partial charge is 0.237 e. The highest BCUT2D eigenvalue weighted by Gasteiger charge is 2.15. The molecule has 0 unspecified atom stereocenters. The molecule has 0 radical (unpaired) electrons. The first kappa shape index (κ1) is 17.9. The predicted octanol–water partition coefficient (Wildman–Crippen LogP) is 4.41. The van der Waals surface area contributed by atoms with Crippen LogP contribution in [-0.2, 0) is 18.7 Å². The van der Waals surface area contributed by atoms with Crippen LogP contribution < -0.4 is 0 Å². The van der Waals surface area contributed by atoms with Gasteiger partial charge in [0.25, 0.3) is 0 Å². The lowest BCUT2D eigenvalue weighted by atomic mass is 10.2. The Morgan fingerprint density at radius 2 is 1.96 bits per heavy atom. The number of rotatable bonds is 8. The summed E-state index contributed by atoms with van der Waals surface area (Å²) in [6.07, 6.45) is 4.07. The van der Waals surface area contributed by atoms with Crippen LogP contribution in [0.2, 0.25) is 0 Å². The van der Waals surface area contributed by atoms with E-state index in [-0.39, 0.29) is 0 Å². The fraction of sp³-hybridized carbons (Fsp3) is 0.421. The molecule has 0 aliphatic carbocycles. The Hall–Kier alpha value is -2.48. The summed E-state index contributed by atoms with van der Waals surface area (Å²) in [6.45, 7) is 5.21. The van der Waals surface area contributed by atoms with Gasteiger partial charge in [0.05, 0.1) is 11.3 Å². The second-order valence-corrected chi connectivity index (χ2v) is 7.37. The lowest BCUT2D eigenvalue weighted by Crippen LogP contribution is -2.00. The Balaban J connectivity index is 1.58. The zero-order valence-electron chi connectivity index (χ0n) is 15.6. The third-order valence-electron chi connectivity index (χ3n) is 4.39. The van der Waals surface area contributed by atoms with Crippen molar-refractivity contribution in [3.63, 3.8) is 0 Å². The first-order valence-electron chi connectivity index (χ1n) is 9.36. The van der Waals surface area contributed by atoms with Gasteiger partial charge in [0.1, 0.15) is 5.52 Å². The summed E-state index contributed by atoms with van der Waals surface area (Å²) in [6, 6.07) is 8.25. The zero-order valence-corrected chi connectivity index (χ0v) is 16.4. The average molecular weight is 382 g/mol. The minimum absolute atomic E-state index is 0.542. The third-order valence-corrected chi connectivity index (χ3v) is 5.21. The molecule has 0 aliphatic rings. The Kier molecular flexibility index (Phi) is 5.33. The van der Waals surface area contributed by atoms with Crippen molar-refractivity contribution < 1.29 is 4.52 Å². The van der Waals surface area contributed by atoms with E-state index in [0.717, 1.165) is 60.1 Å². The molecule has 0 aliphatic heterocycles. The van der Waals surface area contributed by atoms with E-state index in [1.165, 1.54) is 11.8 Å². The summed E-state index contributed by atoms with van der Waals surface area (Å²) in [5.41, 5.74) is 2.88. The minimum Gasteiger partial charge on any atom is -0.338 e. The number of benzene rings is 1. The summed E-state index contributed by atoms with van der Waals surface area (Å²) in [5.74, 6) is 1.91. The van der Waals surface area contributed by atoms with E-state index < -0.39 is 0 Å². The molecule has 0 saturated heterocycles. The van der Waals surface area contributed by atoms with Crippen LogP contribution in [0.25, 0.3) is 22.1 Å². The number of thioether (sulfide) groups is 1. The number of para-hydroxylation sites is 1. The van der Waals surface area contributed by atoms with Crippen molar-refractivity contribution in [1.29, 1.82) is 0 Å². The number of hydrogen-bond donors (Lipinski definition) is 0. The SMILES string of the molecule is CCCCc1noc(CSc2nnc3c4ccccc4n(CCC)c3n2)n1. The van der Waals surface area contributed by atoms with E-state index in [4.69, 9.17) is 9.51 Å². The lowest BCUT2D eigenvalue weighted by Gasteiger charge is -2.04. The fourth-order valence-electron chi connectivity index (χ4n) is 3.11. The van der Waals surface area contributed by atoms with Gasteiger partial charge in [-0.25, -0.2) is 4.98 Å². The molecular formula is C19H22N6OS. The summed E-state index contributed by atoms with van der Waals surface area (Å²) < 4.78 is 7.54. The molecule has 0 N–H and O–H groups in total. The largest absolute Gasteiger partial charge is 0.338 e. The standard InChI is InChI=1S/C19H22N6OS/c1-3-5-10-15-20-16(26-24-15)12-27-19-21-18-17(22-23-19)13-8-6-7-9-14(13)25(18)11-4-2/h6-9H,3-5,10-12H2,1-2H3. The second-order valence-electron chi connectivity index (χ2n) is 6.43. The van der Waals surface area contributed by atoms with E-state index in [1.54, 1.807) is 0 Å². The van der Waals surface area contributed by atoms with Gasteiger partial charge >= 0.3 is 0 Å². The molecule has 0 fully saturated rings. The van der Waals surface area contributed by atoms with Crippen molar-refractivity contribution in [2.45, 2.75) is 57.0 Å². The third kappa shape index (κ3) is 3.66. The number of fused-ring (bicyclic) bond motifs is 3. The Morgan fingerprint density at radius 3 is 2.81 bits per heavy atom. The molecule has 3 heterocycles. The molecule has 4 rings (SSSR count). The summed E-state index contributed by atoms with van der Waals surface area (Å²) >= 11 is 1.47. The van der Waals surface area contributed by atoms with Crippen molar-refractivity contribution in [1.82, 2.24) is 29.9 Å². The quantitative estimate of drug-likeness (QED) is 0.417. The van der Waals surface area contributed by atoms with Crippen molar-refractivity contribution in [3.05, 3.63) is 36.0 Å².